The van der Waals surface area contributed by atoms with Crippen LogP contribution in [0.15, 0.2) is 36.5 Å². The van der Waals surface area contributed by atoms with Crippen molar-refractivity contribution in [3.05, 3.63) is 74.8 Å². The quantitative estimate of drug-likeness (QED) is 0.379. The number of halogens is 2. The van der Waals surface area contributed by atoms with Gasteiger partial charge >= 0.3 is 6.09 Å². The second kappa shape index (κ2) is 9.99. The largest absolute Gasteiger partial charge is 0.452 e. The van der Waals surface area contributed by atoms with Crippen molar-refractivity contribution in [1.29, 1.82) is 0 Å². The molecule has 3 N–H and O–H groups in total. The molecular weight excluding hydrogens is 473 g/mol. The van der Waals surface area contributed by atoms with Crippen molar-refractivity contribution in [1.82, 2.24) is 25.6 Å². The van der Waals surface area contributed by atoms with Crippen LogP contribution in [0.25, 0.3) is 10.7 Å². The summed E-state index contributed by atoms with van der Waals surface area (Å²) in [5.41, 5.74) is 4.71. The number of amides is 3. The summed E-state index contributed by atoms with van der Waals surface area (Å²) in [5.74, 6) is -1.37. The Hall–Kier alpha value is -4.14. The third kappa shape index (κ3) is 5.20. The second-order valence-corrected chi connectivity index (χ2v) is 7.23. The van der Waals surface area contributed by atoms with Crippen molar-refractivity contribution in [2.45, 2.75) is 6.92 Å². The highest BCUT2D eigenvalue weighted by Gasteiger charge is 2.24. The van der Waals surface area contributed by atoms with E-state index in [1.807, 2.05) is 5.43 Å². The standard InChI is InChI=1S/C20H15Cl2N7O4/c1-10-7-11(21)8-12(18(30)26-27-20(32)33-3)16(10)25-19(31)14-9-15(23-2)28-29(14)17-13(22)5-4-6-24-17/h4-9H,1,3H3,(H,25,31)(H,26,30)(H,27,32). The van der Waals surface area contributed by atoms with Gasteiger partial charge < -0.3 is 14.9 Å². The van der Waals surface area contributed by atoms with E-state index in [9.17, 15) is 14.4 Å². The van der Waals surface area contributed by atoms with E-state index in [1.54, 1.807) is 25.1 Å². The first kappa shape index (κ1) is 23.5. The molecule has 0 fully saturated rings. The Bertz CT molecular complexity index is 1300. The van der Waals surface area contributed by atoms with Crippen molar-refractivity contribution in [3.63, 3.8) is 0 Å². The van der Waals surface area contributed by atoms with E-state index in [4.69, 9.17) is 29.8 Å². The molecule has 0 spiro atoms. The summed E-state index contributed by atoms with van der Waals surface area (Å²) in [6.45, 7) is 8.86. The van der Waals surface area contributed by atoms with E-state index in [1.165, 1.54) is 18.3 Å². The highest BCUT2D eigenvalue weighted by molar-refractivity contribution is 6.32. The molecular formula is C20H15Cl2N7O4. The molecule has 11 nitrogen and oxygen atoms in total. The molecule has 2 heterocycles. The first-order valence-electron chi connectivity index (χ1n) is 9.09. The number of methoxy groups -OCH3 is 1. The number of anilines is 1. The van der Waals surface area contributed by atoms with Crippen molar-refractivity contribution < 1.29 is 19.1 Å². The first-order chi connectivity index (χ1) is 15.7. The lowest BCUT2D eigenvalue weighted by molar-refractivity contribution is 0.0921. The maximum Gasteiger partial charge on any atom is 0.425 e. The molecule has 3 amide bonds. The smallest absolute Gasteiger partial charge is 0.425 e. The normalized spacial score (nSPS) is 10.2. The number of hydrazine groups is 1. The van der Waals surface area contributed by atoms with Gasteiger partial charge in [-0.15, -0.1) is 4.68 Å². The predicted octanol–water partition coefficient (Wildman–Crippen LogP) is 3.69. The summed E-state index contributed by atoms with van der Waals surface area (Å²) >= 11 is 12.3. The lowest BCUT2D eigenvalue weighted by atomic mass is 10.1. The maximum absolute atomic E-state index is 13.2. The molecule has 33 heavy (non-hydrogen) atoms. The number of carbonyl (C=O) groups excluding carboxylic acids is 3. The Morgan fingerprint density at radius 2 is 1.91 bits per heavy atom. The molecule has 168 valence electrons. The van der Waals surface area contributed by atoms with E-state index in [-0.39, 0.29) is 38.6 Å². The van der Waals surface area contributed by atoms with Crippen molar-refractivity contribution in [2.75, 3.05) is 12.4 Å². The third-order valence-electron chi connectivity index (χ3n) is 4.23. The number of ether oxygens (including phenoxy) is 1. The number of nitrogens with zero attached hydrogens (tertiary/aromatic N) is 4. The number of pyridine rings is 1. The van der Waals surface area contributed by atoms with E-state index in [0.717, 1.165) is 11.8 Å². The number of nitrogens with one attached hydrogen (secondary N) is 3. The molecule has 1 aromatic carbocycles. The van der Waals surface area contributed by atoms with Gasteiger partial charge in [0.1, 0.15) is 5.69 Å². The molecule has 13 heteroatoms. The second-order valence-electron chi connectivity index (χ2n) is 6.39. The summed E-state index contributed by atoms with van der Waals surface area (Å²) in [7, 11) is 1.13. The zero-order valence-electron chi connectivity index (χ0n) is 17.1. The van der Waals surface area contributed by atoms with Crippen LogP contribution < -0.4 is 16.2 Å². The Morgan fingerprint density at radius 1 is 1.15 bits per heavy atom. The molecule has 2 aromatic heterocycles. The molecule has 0 saturated carbocycles. The number of aromatic nitrogens is 3. The van der Waals surface area contributed by atoms with Crippen LogP contribution in [0.1, 0.15) is 26.4 Å². The van der Waals surface area contributed by atoms with Crippen LogP contribution in [0.4, 0.5) is 16.3 Å². The topological polar surface area (TPSA) is 132 Å². The van der Waals surface area contributed by atoms with Crippen LogP contribution in [-0.2, 0) is 4.74 Å². The lowest BCUT2D eigenvalue weighted by Crippen LogP contribution is -2.41. The predicted molar refractivity (Wildman–Crippen MR) is 120 cm³/mol. The van der Waals surface area contributed by atoms with Gasteiger partial charge in [0, 0.05) is 11.2 Å². The van der Waals surface area contributed by atoms with Crippen molar-refractivity contribution >= 4 is 52.6 Å². The minimum atomic E-state index is -0.893. The van der Waals surface area contributed by atoms with Crippen molar-refractivity contribution in [2.24, 2.45) is 0 Å². The molecule has 0 bridgehead atoms. The van der Waals surface area contributed by atoms with Crippen molar-refractivity contribution in [3.8, 4) is 5.82 Å². The van der Waals surface area contributed by atoms with Gasteiger partial charge in [-0.2, -0.15) is 0 Å². The Morgan fingerprint density at radius 3 is 2.58 bits per heavy atom. The molecule has 3 rings (SSSR count). The van der Waals surface area contributed by atoms with Crippen LogP contribution in [0, 0.1) is 13.5 Å². The minimum Gasteiger partial charge on any atom is -0.452 e. The number of hydrogen-bond acceptors (Lipinski definition) is 6. The van der Waals surface area contributed by atoms with E-state index in [0.29, 0.717) is 5.56 Å². The highest BCUT2D eigenvalue weighted by Crippen LogP contribution is 2.28. The fraction of sp³-hybridized carbons (Fsp3) is 0.100. The van der Waals surface area contributed by atoms with Gasteiger partial charge in [0.25, 0.3) is 17.6 Å². The van der Waals surface area contributed by atoms with Gasteiger partial charge in [-0.05, 0) is 47.9 Å². The maximum atomic E-state index is 13.2. The number of benzene rings is 1. The number of aryl methyl sites for hydroxylation is 1. The Labute approximate surface area is 197 Å². The zero-order chi connectivity index (χ0) is 24.1. The SMILES string of the molecule is [C-]#[N+]c1cc(C(=O)Nc2c(C)cc(Cl)cc2C(=O)NNC(=O)OC)n(-c2ncccc2Cl)n1. The number of rotatable bonds is 4. The van der Waals surface area contributed by atoms with Gasteiger partial charge in [-0.1, -0.05) is 29.8 Å². The molecule has 0 aliphatic heterocycles. The van der Waals surface area contributed by atoms with Crippen LogP contribution in [-0.4, -0.2) is 39.8 Å². The van der Waals surface area contributed by atoms with Gasteiger partial charge in [-0.3, -0.25) is 15.0 Å². The van der Waals surface area contributed by atoms with Crippen LogP contribution in [0.5, 0.6) is 0 Å². The molecule has 0 saturated heterocycles. The van der Waals surface area contributed by atoms with Gasteiger partial charge in [0.15, 0.2) is 5.82 Å². The number of carbonyl (C=O) groups is 3. The lowest BCUT2D eigenvalue weighted by Gasteiger charge is -2.15. The summed E-state index contributed by atoms with van der Waals surface area (Å²) in [4.78, 5) is 44.4. The van der Waals surface area contributed by atoms with Crippen LogP contribution >= 0.6 is 23.2 Å². The van der Waals surface area contributed by atoms with E-state index < -0.39 is 17.9 Å². The molecule has 0 radical (unpaired) electrons. The third-order valence-corrected chi connectivity index (χ3v) is 4.74. The molecule has 0 aliphatic rings. The first-order valence-corrected chi connectivity index (χ1v) is 9.85. The average molecular weight is 488 g/mol. The highest BCUT2D eigenvalue weighted by atomic mass is 35.5. The molecule has 0 aliphatic carbocycles. The van der Waals surface area contributed by atoms with Gasteiger partial charge in [-0.25, -0.2) is 15.2 Å². The summed E-state index contributed by atoms with van der Waals surface area (Å²) in [5, 5.41) is 7.14. The Kier molecular flexibility index (Phi) is 7.12. The van der Waals surface area contributed by atoms with E-state index >= 15 is 0 Å². The van der Waals surface area contributed by atoms with E-state index in [2.05, 4.69) is 30.4 Å². The molecule has 3 aromatic rings. The number of hydrogen-bond donors (Lipinski definition) is 3. The van der Waals surface area contributed by atoms with Gasteiger partial charge in [0.05, 0.1) is 23.4 Å². The monoisotopic (exact) mass is 487 g/mol. The molecule has 0 atom stereocenters. The van der Waals surface area contributed by atoms with Gasteiger partial charge in [0.2, 0.25) is 0 Å². The summed E-state index contributed by atoms with van der Waals surface area (Å²) in [6, 6.07) is 7.28. The van der Waals surface area contributed by atoms with Crippen LogP contribution in [0.3, 0.4) is 0 Å². The fourth-order valence-electron chi connectivity index (χ4n) is 2.77. The molecule has 0 unspecified atom stereocenters. The zero-order valence-corrected chi connectivity index (χ0v) is 18.7. The summed E-state index contributed by atoms with van der Waals surface area (Å²) in [6.07, 6.45) is 0.567. The average Bonchev–Trinajstić information content (AvgIpc) is 3.23. The van der Waals surface area contributed by atoms with Crippen LogP contribution in [0.2, 0.25) is 10.0 Å². The summed E-state index contributed by atoms with van der Waals surface area (Å²) < 4.78 is 5.54. The minimum absolute atomic E-state index is 0.0305. The Balaban J connectivity index is 2.00. The fourth-order valence-corrected chi connectivity index (χ4v) is 3.25.